The van der Waals surface area contributed by atoms with Crippen molar-refractivity contribution < 1.29 is 23.2 Å². The van der Waals surface area contributed by atoms with Crippen LogP contribution in [-0.4, -0.2) is 28.1 Å². The van der Waals surface area contributed by atoms with Gasteiger partial charge in [0.05, 0.1) is 0 Å². The number of para-hydroxylation sites is 1. The van der Waals surface area contributed by atoms with Gasteiger partial charge in [0.15, 0.2) is 17.7 Å². The molecule has 0 aliphatic rings. The highest BCUT2D eigenvalue weighted by molar-refractivity contribution is 5.84. The van der Waals surface area contributed by atoms with Crippen LogP contribution in [0, 0.1) is 12.7 Å². The molecule has 156 valence electrons. The summed E-state index contributed by atoms with van der Waals surface area (Å²) < 4.78 is 24.0. The van der Waals surface area contributed by atoms with Gasteiger partial charge in [-0.2, -0.15) is 4.98 Å². The Morgan fingerprint density at radius 3 is 2.60 bits per heavy atom. The number of hydrazine groups is 1. The van der Waals surface area contributed by atoms with Gasteiger partial charge in [-0.25, -0.2) is 4.39 Å². The van der Waals surface area contributed by atoms with Gasteiger partial charge in [-0.15, -0.1) is 0 Å². The highest BCUT2D eigenvalue weighted by Gasteiger charge is 2.17. The van der Waals surface area contributed by atoms with Crippen molar-refractivity contribution >= 4 is 11.8 Å². The fraction of sp³-hybridized carbons (Fsp3) is 0.238. The van der Waals surface area contributed by atoms with Crippen LogP contribution in [0.15, 0.2) is 53.1 Å². The van der Waals surface area contributed by atoms with Crippen LogP contribution < -0.4 is 15.6 Å². The third-order valence-corrected chi connectivity index (χ3v) is 4.18. The van der Waals surface area contributed by atoms with Gasteiger partial charge in [-0.05, 0) is 26.0 Å². The maximum atomic E-state index is 13.6. The Morgan fingerprint density at radius 1 is 1.13 bits per heavy atom. The van der Waals surface area contributed by atoms with Crippen LogP contribution in [0.1, 0.15) is 24.8 Å². The molecule has 3 rings (SSSR count). The number of rotatable bonds is 7. The van der Waals surface area contributed by atoms with Gasteiger partial charge in [-0.1, -0.05) is 47.1 Å². The molecular formula is C21H21FN4O4. The van der Waals surface area contributed by atoms with Crippen LogP contribution in [0.3, 0.4) is 0 Å². The first-order valence-electron chi connectivity index (χ1n) is 9.32. The molecule has 8 nitrogen and oxygen atoms in total. The van der Waals surface area contributed by atoms with Gasteiger partial charge < -0.3 is 9.26 Å². The van der Waals surface area contributed by atoms with E-state index in [9.17, 15) is 14.0 Å². The summed E-state index contributed by atoms with van der Waals surface area (Å²) in [5, 5.41) is 3.90. The van der Waals surface area contributed by atoms with Crippen molar-refractivity contribution in [2.45, 2.75) is 32.8 Å². The third kappa shape index (κ3) is 5.63. The molecule has 1 heterocycles. The van der Waals surface area contributed by atoms with Crippen LogP contribution in [0.5, 0.6) is 5.75 Å². The Bertz CT molecular complexity index is 1020. The quantitative estimate of drug-likeness (QED) is 0.578. The standard InChI is InChI=1S/C21H21FN4O4/c1-13-7-9-15(10-8-13)20-23-19(30-26-20)12-11-18(27)24-25-21(28)14(2)29-17-6-4-3-5-16(17)22/h3-10,14H,11-12H2,1-2H3,(H,24,27)(H,25,28). The number of aryl methyl sites for hydroxylation is 2. The number of benzene rings is 2. The van der Waals surface area contributed by atoms with E-state index in [-0.39, 0.29) is 18.6 Å². The van der Waals surface area contributed by atoms with Gasteiger partial charge in [0.1, 0.15) is 0 Å². The van der Waals surface area contributed by atoms with Crippen molar-refractivity contribution in [2.75, 3.05) is 0 Å². The molecule has 2 N–H and O–H groups in total. The molecule has 0 aliphatic heterocycles. The second-order valence-corrected chi connectivity index (χ2v) is 6.61. The number of carbonyl (C=O) groups excluding carboxylic acids is 2. The molecule has 0 radical (unpaired) electrons. The van der Waals surface area contributed by atoms with E-state index >= 15 is 0 Å². The normalized spacial score (nSPS) is 11.6. The van der Waals surface area contributed by atoms with Gasteiger partial charge in [0.2, 0.25) is 17.6 Å². The molecule has 1 aromatic heterocycles. The summed E-state index contributed by atoms with van der Waals surface area (Å²) in [6, 6.07) is 13.4. The third-order valence-electron chi connectivity index (χ3n) is 4.18. The zero-order valence-corrected chi connectivity index (χ0v) is 16.5. The molecule has 3 aromatic rings. The topological polar surface area (TPSA) is 106 Å². The van der Waals surface area contributed by atoms with Gasteiger partial charge >= 0.3 is 0 Å². The first-order valence-corrected chi connectivity index (χ1v) is 9.32. The van der Waals surface area contributed by atoms with Crippen LogP contribution in [0.2, 0.25) is 0 Å². The Balaban J connectivity index is 1.43. The number of aromatic nitrogens is 2. The molecule has 0 saturated carbocycles. The predicted molar refractivity (Wildman–Crippen MR) is 106 cm³/mol. The van der Waals surface area contributed by atoms with Crippen molar-refractivity contribution in [3.63, 3.8) is 0 Å². The van der Waals surface area contributed by atoms with E-state index in [0.29, 0.717) is 11.7 Å². The number of hydrogen-bond donors (Lipinski definition) is 2. The van der Waals surface area contributed by atoms with Crippen molar-refractivity contribution in [3.8, 4) is 17.1 Å². The van der Waals surface area contributed by atoms with E-state index in [0.717, 1.165) is 11.1 Å². The minimum Gasteiger partial charge on any atom is -0.478 e. The molecule has 0 fully saturated rings. The number of hydrogen-bond acceptors (Lipinski definition) is 6. The summed E-state index contributed by atoms with van der Waals surface area (Å²) in [5.41, 5.74) is 6.45. The maximum Gasteiger partial charge on any atom is 0.279 e. The molecule has 9 heteroatoms. The molecule has 2 amide bonds. The Kier molecular flexibility index (Phi) is 6.74. The zero-order chi connectivity index (χ0) is 21.5. The average Bonchev–Trinajstić information content (AvgIpc) is 3.21. The van der Waals surface area contributed by atoms with Crippen LogP contribution >= 0.6 is 0 Å². The minimum absolute atomic E-state index is 0.0262. The molecular weight excluding hydrogens is 391 g/mol. The summed E-state index contributed by atoms with van der Waals surface area (Å²) >= 11 is 0. The number of amides is 2. The fourth-order valence-electron chi connectivity index (χ4n) is 2.48. The first-order chi connectivity index (χ1) is 14.4. The van der Waals surface area contributed by atoms with E-state index in [1.807, 2.05) is 31.2 Å². The van der Waals surface area contributed by atoms with E-state index < -0.39 is 23.7 Å². The summed E-state index contributed by atoms with van der Waals surface area (Å²) in [5.74, 6) is -0.943. The Morgan fingerprint density at radius 2 is 1.87 bits per heavy atom. The minimum atomic E-state index is -1.00. The molecule has 0 bridgehead atoms. The summed E-state index contributed by atoms with van der Waals surface area (Å²) in [4.78, 5) is 28.2. The SMILES string of the molecule is Cc1ccc(-c2noc(CCC(=O)NNC(=O)C(C)Oc3ccccc3F)n2)cc1. The van der Waals surface area contributed by atoms with Gasteiger partial charge in [-0.3, -0.25) is 20.4 Å². The second-order valence-electron chi connectivity index (χ2n) is 6.61. The zero-order valence-electron chi connectivity index (χ0n) is 16.5. The lowest BCUT2D eigenvalue weighted by molar-refractivity contribution is -0.132. The molecule has 1 unspecified atom stereocenters. The lowest BCUT2D eigenvalue weighted by Gasteiger charge is -2.15. The lowest BCUT2D eigenvalue weighted by Crippen LogP contribution is -2.47. The predicted octanol–water partition coefficient (Wildman–Crippen LogP) is 2.73. The van der Waals surface area contributed by atoms with Crippen molar-refractivity contribution in [1.29, 1.82) is 0 Å². The molecule has 2 aromatic carbocycles. The van der Waals surface area contributed by atoms with Crippen LogP contribution in [0.25, 0.3) is 11.4 Å². The van der Waals surface area contributed by atoms with E-state index in [2.05, 4.69) is 21.0 Å². The molecule has 0 spiro atoms. The van der Waals surface area contributed by atoms with Crippen LogP contribution in [0.4, 0.5) is 4.39 Å². The number of halogens is 1. The molecule has 0 saturated heterocycles. The average molecular weight is 412 g/mol. The number of carbonyl (C=O) groups is 2. The molecule has 30 heavy (non-hydrogen) atoms. The number of nitrogens with zero attached hydrogens (tertiary/aromatic N) is 2. The molecule has 1 atom stereocenters. The summed E-state index contributed by atoms with van der Waals surface area (Å²) in [6.07, 6.45) is -0.768. The highest BCUT2D eigenvalue weighted by Crippen LogP contribution is 2.17. The van der Waals surface area contributed by atoms with Crippen molar-refractivity contribution in [1.82, 2.24) is 21.0 Å². The Hall–Kier alpha value is -3.75. The van der Waals surface area contributed by atoms with E-state index in [1.54, 1.807) is 6.07 Å². The van der Waals surface area contributed by atoms with E-state index in [4.69, 9.17) is 9.26 Å². The highest BCUT2D eigenvalue weighted by atomic mass is 19.1. The van der Waals surface area contributed by atoms with Gasteiger partial charge in [0, 0.05) is 18.4 Å². The smallest absolute Gasteiger partial charge is 0.279 e. The maximum absolute atomic E-state index is 13.6. The monoisotopic (exact) mass is 412 g/mol. The summed E-state index contributed by atoms with van der Waals surface area (Å²) in [6.45, 7) is 3.43. The first kappa shape index (κ1) is 21.0. The van der Waals surface area contributed by atoms with Crippen molar-refractivity contribution in [3.05, 3.63) is 65.8 Å². The second kappa shape index (κ2) is 9.64. The van der Waals surface area contributed by atoms with E-state index in [1.165, 1.54) is 25.1 Å². The number of ether oxygens (including phenoxy) is 1. The largest absolute Gasteiger partial charge is 0.478 e. The molecule has 0 aliphatic carbocycles. The summed E-state index contributed by atoms with van der Waals surface area (Å²) in [7, 11) is 0. The van der Waals surface area contributed by atoms with Crippen LogP contribution in [-0.2, 0) is 16.0 Å². The van der Waals surface area contributed by atoms with Gasteiger partial charge in [0.25, 0.3) is 5.91 Å². The number of nitrogens with one attached hydrogen (secondary N) is 2. The Labute approximate surface area is 172 Å². The lowest BCUT2D eigenvalue weighted by atomic mass is 10.1. The fourth-order valence-corrected chi connectivity index (χ4v) is 2.48. The van der Waals surface area contributed by atoms with Crippen molar-refractivity contribution in [2.24, 2.45) is 0 Å².